The van der Waals surface area contributed by atoms with E-state index in [0.717, 1.165) is 18.6 Å². The van der Waals surface area contributed by atoms with Crippen molar-refractivity contribution in [1.82, 2.24) is 0 Å². The van der Waals surface area contributed by atoms with Gasteiger partial charge in [-0.15, -0.1) is 0 Å². The third-order valence-electron chi connectivity index (χ3n) is 2.41. The molecule has 0 aromatic heterocycles. The summed E-state index contributed by atoms with van der Waals surface area (Å²) < 4.78 is 10.4. The molecule has 0 saturated carbocycles. The van der Waals surface area contributed by atoms with Gasteiger partial charge in [0.2, 0.25) is 0 Å². The average Bonchev–Trinajstić information content (AvgIpc) is 2.39. The summed E-state index contributed by atoms with van der Waals surface area (Å²) in [6, 6.07) is 9.71. The van der Waals surface area contributed by atoms with E-state index in [1.165, 1.54) is 0 Å². The van der Waals surface area contributed by atoms with Crippen LogP contribution in [0.15, 0.2) is 42.0 Å². The van der Waals surface area contributed by atoms with Crippen molar-refractivity contribution in [3.63, 3.8) is 0 Å². The number of unbranched alkanes of at least 4 members (excludes halogenated alkanes) is 1. The molecular formula is C15H20O3. The number of allylic oxidation sites excluding steroid dienone is 1. The summed E-state index contributed by atoms with van der Waals surface area (Å²) in [6.45, 7) is 4.65. The Morgan fingerprint density at radius 1 is 1.28 bits per heavy atom. The summed E-state index contributed by atoms with van der Waals surface area (Å²) in [5, 5.41) is 0. The maximum atomic E-state index is 11.3. The lowest BCUT2D eigenvalue weighted by Crippen LogP contribution is -2.05. The van der Waals surface area contributed by atoms with Crippen LogP contribution < -0.4 is 4.74 Å². The Labute approximate surface area is 108 Å². The molecule has 3 heteroatoms. The number of esters is 1. The van der Waals surface area contributed by atoms with Crippen molar-refractivity contribution in [1.29, 1.82) is 0 Å². The zero-order valence-electron chi connectivity index (χ0n) is 11.0. The van der Waals surface area contributed by atoms with Crippen LogP contribution in [0.1, 0.15) is 26.7 Å². The third kappa shape index (κ3) is 5.53. The largest absolute Gasteiger partial charge is 0.494 e. The van der Waals surface area contributed by atoms with Crippen molar-refractivity contribution < 1.29 is 14.3 Å². The first-order chi connectivity index (χ1) is 8.74. The monoisotopic (exact) mass is 248 g/mol. The lowest BCUT2D eigenvalue weighted by Gasteiger charge is -2.04. The first-order valence-corrected chi connectivity index (χ1v) is 6.25. The molecule has 1 rings (SSSR count). The minimum atomic E-state index is -0.235. The van der Waals surface area contributed by atoms with Crippen LogP contribution in [0, 0.1) is 0 Å². The number of hydrogen-bond acceptors (Lipinski definition) is 3. The summed E-state index contributed by atoms with van der Waals surface area (Å²) in [4.78, 5) is 11.3. The minimum absolute atomic E-state index is 0.235. The zero-order chi connectivity index (χ0) is 13.2. The van der Waals surface area contributed by atoms with Crippen molar-refractivity contribution in [2.24, 2.45) is 0 Å². The van der Waals surface area contributed by atoms with Crippen LogP contribution in [-0.2, 0) is 9.53 Å². The standard InChI is InChI=1S/C15H20O3/c1-3-17-15(16)13(2)9-7-8-12-18-14-10-5-4-6-11-14/h4-6,9-11H,3,7-8,12H2,1-2H3. The van der Waals surface area contributed by atoms with Gasteiger partial charge in [-0.1, -0.05) is 24.3 Å². The van der Waals surface area contributed by atoms with E-state index in [9.17, 15) is 4.79 Å². The quantitative estimate of drug-likeness (QED) is 0.421. The van der Waals surface area contributed by atoms with Gasteiger partial charge in [0.25, 0.3) is 0 Å². The van der Waals surface area contributed by atoms with E-state index in [1.807, 2.05) is 36.4 Å². The van der Waals surface area contributed by atoms with Gasteiger partial charge in [-0.25, -0.2) is 4.79 Å². The predicted molar refractivity (Wildman–Crippen MR) is 71.6 cm³/mol. The number of carbonyl (C=O) groups is 1. The van der Waals surface area contributed by atoms with E-state index in [-0.39, 0.29) is 5.97 Å². The van der Waals surface area contributed by atoms with E-state index in [4.69, 9.17) is 9.47 Å². The number of hydrogen-bond donors (Lipinski definition) is 0. The average molecular weight is 248 g/mol. The van der Waals surface area contributed by atoms with Crippen molar-refractivity contribution in [3.8, 4) is 5.75 Å². The lowest BCUT2D eigenvalue weighted by atomic mass is 10.2. The summed E-state index contributed by atoms with van der Waals surface area (Å²) in [6.07, 6.45) is 3.59. The van der Waals surface area contributed by atoms with E-state index in [2.05, 4.69) is 0 Å². The molecule has 0 N–H and O–H groups in total. The Hall–Kier alpha value is -1.77. The fourth-order valence-corrected chi connectivity index (χ4v) is 1.44. The van der Waals surface area contributed by atoms with Crippen molar-refractivity contribution >= 4 is 5.97 Å². The third-order valence-corrected chi connectivity index (χ3v) is 2.41. The predicted octanol–water partition coefficient (Wildman–Crippen LogP) is 3.36. The molecule has 0 saturated heterocycles. The Balaban J connectivity index is 2.18. The highest BCUT2D eigenvalue weighted by Crippen LogP contribution is 2.09. The number of carbonyl (C=O) groups excluding carboxylic acids is 1. The molecule has 0 aliphatic carbocycles. The summed E-state index contributed by atoms with van der Waals surface area (Å²) in [7, 11) is 0. The van der Waals surface area contributed by atoms with Gasteiger partial charge in [0.1, 0.15) is 5.75 Å². The van der Waals surface area contributed by atoms with Crippen LogP contribution in [0.25, 0.3) is 0 Å². The Morgan fingerprint density at radius 3 is 2.67 bits per heavy atom. The molecule has 0 amide bonds. The van der Waals surface area contributed by atoms with E-state index in [0.29, 0.717) is 18.8 Å². The molecule has 1 aromatic carbocycles. The van der Waals surface area contributed by atoms with Gasteiger partial charge in [-0.2, -0.15) is 0 Å². The molecule has 0 aliphatic rings. The molecule has 0 radical (unpaired) electrons. The fourth-order valence-electron chi connectivity index (χ4n) is 1.44. The molecule has 0 bridgehead atoms. The van der Waals surface area contributed by atoms with Crippen LogP contribution in [-0.4, -0.2) is 19.2 Å². The van der Waals surface area contributed by atoms with Crippen LogP contribution in [0.5, 0.6) is 5.75 Å². The van der Waals surface area contributed by atoms with Crippen LogP contribution in [0.2, 0.25) is 0 Å². The van der Waals surface area contributed by atoms with E-state index >= 15 is 0 Å². The molecule has 0 atom stereocenters. The second-order valence-corrected chi connectivity index (χ2v) is 3.91. The lowest BCUT2D eigenvalue weighted by molar-refractivity contribution is -0.138. The first-order valence-electron chi connectivity index (χ1n) is 6.25. The minimum Gasteiger partial charge on any atom is -0.494 e. The van der Waals surface area contributed by atoms with Crippen molar-refractivity contribution in [3.05, 3.63) is 42.0 Å². The number of benzene rings is 1. The van der Waals surface area contributed by atoms with Crippen molar-refractivity contribution in [2.75, 3.05) is 13.2 Å². The molecule has 98 valence electrons. The molecule has 1 aromatic rings. The van der Waals surface area contributed by atoms with E-state index < -0.39 is 0 Å². The Kier molecular flexibility index (Phi) is 6.62. The van der Waals surface area contributed by atoms with Gasteiger partial charge in [0, 0.05) is 5.57 Å². The van der Waals surface area contributed by atoms with Crippen LogP contribution in [0.3, 0.4) is 0 Å². The molecule has 0 unspecified atom stereocenters. The van der Waals surface area contributed by atoms with Gasteiger partial charge in [-0.05, 0) is 38.8 Å². The second kappa shape index (κ2) is 8.34. The Bertz CT molecular complexity index is 382. The fraction of sp³-hybridized carbons (Fsp3) is 0.400. The maximum absolute atomic E-state index is 11.3. The van der Waals surface area contributed by atoms with E-state index in [1.54, 1.807) is 13.8 Å². The maximum Gasteiger partial charge on any atom is 0.333 e. The van der Waals surface area contributed by atoms with Crippen molar-refractivity contribution in [2.45, 2.75) is 26.7 Å². The highest BCUT2D eigenvalue weighted by molar-refractivity contribution is 5.87. The molecule has 3 nitrogen and oxygen atoms in total. The number of rotatable bonds is 7. The van der Waals surface area contributed by atoms with Crippen LogP contribution >= 0.6 is 0 Å². The van der Waals surface area contributed by atoms with Gasteiger partial charge >= 0.3 is 5.97 Å². The molecular weight excluding hydrogens is 228 g/mol. The van der Waals surface area contributed by atoms with Crippen LogP contribution in [0.4, 0.5) is 0 Å². The SMILES string of the molecule is CCOC(=O)C(C)=CCCCOc1ccccc1. The highest BCUT2D eigenvalue weighted by atomic mass is 16.5. The Morgan fingerprint density at radius 2 is 2.00 bits per heavy atom. The molecule has 0 aliphatic heterocycles. The summed E-state index contributed by atoms with van der Waals surface area (Å²) >= 11 is 0. The van der Waals surface area contributed by atoms with Gasteiger partial charge in [-0.3, -0.25) is 0 Å². The van der Waals surface area contributed by atoms with Gasteiger partial charge < -0.3 is 9.47 Å². The van der Waals surface area contributed by atoms with Gasteiger partial charge in [0.15, 0.2) is 0 Å². The normalized spacial score (nSPS) is 11.1. The number of para-hydroxylation sites is 1. The van der Waals surface area contributed by atoms with Gasteiger partial charge in [0.05, 0.1) is 13.2 Å². The summed E-state index contributed by atoms with van der Waals surface area (Å²) in [5.74, 6) is 0.644. The molecule has 0 heterocycles. The summed E-state index contributed by atoms with van der Waals surface area (Å²) in [5.41, 5.74) is 0.663. The highest BCUT2D eigenvalue weighted by Gasteiger charge is 2.02. The smallest absolute Gasteiger partial charge is 0.333 e. The second-order valence-electron chi connectivity index (χ2n) is 3.91. The number of ether oxygens (including phenoxy) is 2. The molecule has 0 fully saturated rings. The molecule has 0 spiro atoms. The topological polar surface area (TPSA) is 35.5 Å². The zero-order valence-corrected chi connectivity index (χ0v) is 11.0. The molecule has 18 heavy (non-hydrogen) atoms. The first kappa shape index (κ1) is 14.3.